The van der Waals surface area contributed by atoms with Gasteiger partial charge in [0.05, 0.1) is 19.8 Å². The summed E-state index contributed by atoms with van der Waals surface area (Å²) in [4.78, 5) is 24.3. The molecule has 0 N–H and O–H groups in total. The summed E-state index contributed by atoms with van der Waals surface area (Å²) in [6, 6.07) is 11.6. The van der Waals surface area contributed by atoms with Crippen LogP contribution >= 0.6 is 37.9 Å². The molecule has 8 heteroatoms. The summed E-state index contributed by atoms with van der Waals surface area (Å²) >= 11 is 13.9. The maximum Gasteiger partial charge on any atom is 0.333 e. The van der Waals surface area contributed by atoms with Gasteiger partial charge in [0.1, 0.15) is 5.75 Å². The summed E-state index contributed by atoms with van der Waals surface area (Å²) in [7, 11) is 0. The van der Waals surface area contributed by atoms with E-state index in [1.165, 1.54) is 68.1 Å². The Bertz CT molecular complexity index is 1410. The summed E-state index contributed by atoms with van der Waals surface area (Å²) in [6.07, 6.45) is 14.1. The van der Waals surface area contributed by atoms with E-state index in [-0.39, 0.29) is 30.6 Å². The monoisotopic (exact) mass is 768 g/mol. The number of rotatable bonds is 23. The standard InChI is InChI=1S/C44H64O5S3/c1-7-9-10-13-33-16-18-35(19-17-33)36-20-21-40(34(8-2)24-36)39-25-37(14-11-22-47-42(45)31(3)4)41(49-27-44(28-50,29-51)30-52)38(26-39)15-12-23-48-43(46)32(5)6/h20-21,24-26,33,35,50-52H,3,5,7-19,22-23,27-30H2,1-2,4,6H3. The van der Waals surface area contributed by atoms with Crippen LogP contribution in [-0.4, -0.2) is 49.0 Å². The molecule has 2 aromatic carbocycles. The minimum atomic E-state index is -0.381. The quantitative estimate of drug-likeness (QED) is 0.0455. The second-order valence-electron chi connectivity index (χ2n) is 14.9. The highest BCUT2D eigenvalue weighted by Gasteiger charge is 2.28. The number of esters is 2. The Balaban J connectivity index is 1.99. The van der Waals surface area contributed by atoms with Crippen molar-refractivity contribution in [1.82, 2.24) is 0 Å². The zero-order valence-corrected chi connectivity index (χ0v) is 35.0. The van der Waals surface area contributed by atoms with Crippen LogP contribution in [0.2, 0.25) is 0 Å². The summed E-state index contributed by atoms with van der Waals surface area (Å²) in [6.45, 7) is 16.2. The Hall–Kier alpha value is -2.29. The van der Waals surface area contributed by atoms with E-state index >= 15 is 0 Å². The molecule has 0 aromatic heterocycles. The highest BCUT2D eigenvalue weighted by Crippen LogP contribution is 2.41. The van der Waals surface area contributed by atoms with Crippen molar-refractivity contribution >= 4 is 49.8 Å². The lowest BCUT2D eigenvalue weighted by Crippen LogP contribution is -2.35. The molecule has 0 saturated heterocycles. The van der Waals surface area contributed by atoms with Gasteiger partial charge in [0.2, 0.25) is 0 Å². The molecule has 1 aliphatic carbocycles. The lowest BCUT2D eigenvalue weighted by Gasteiger charge is -2.30. The van der Waals surface area contributed by atoms with Crippen LogP contribution in [0.1, 0.15) is 120 Å². The molecule has 0 aliphatic heterocycles. The third-order valence-electron chi connectivity index (χ3n) is 10.5. The van der Waals surface area contributed by atoms with Crippen LogP contribution in [-0.2, 0) is 38.3 Å². The van der Waals surface area contributed by atoms with Crippen LogP contribution in [0.5, 0.6) is 5.75 Å². The second kappa shape index (κ2) is 22.8. The fraction of sp³-hybridized carbons (Fsp3) is 0.591. The van der Waals surface area contributed by atoms with Gasteiger partial charge < -0.3 is 14.2 Å². The Morgan fingerprint density at radius 1 is 0.769 bits per heavy atom. The lowest BCUT2D eigenvalue weighted by molar-refractivity contribution is -0.139. The van der Waals surface area contributed by atoms with E-state index < -0.39 is 0 Å². The minimum absolute atomic E-state index is 0.283. The van der Waals surface area contributed by atoms with E-state index in [0.717, 1.165) is 34.8 Å². The molecule has 0 atom stereocenters. The van der Waals surface area contributed by atoms with Crippen LogP contribution in [0, 0.1) is 11.3 Å². The number of thiol groups is 3. The number of ether oxygens (including phenoxy) is 3. The number of aryl methyl sites for hydroxylation is 3. The van der Waals surface area contributed by atoms with Gasteiger partial charge in [-0.15, -0.1) is 0 Å². The van der Waals surface area contributed by atoms with Gasteiger partial charge in [0.15, 0.2) is 0 Å². The van der Waals surface area contributed by atoms with Gasteiger partial charge in [-0.05, 0) is 129 Å². The first-order valence-electron chi connectivity index (χ1n) is 19.4. The Morgan fingerprint density at radius 2 is 1.33 bits per heavy atom. The molecule has 288 valence electrons. The van der Waals surface area contributed by atoms with Crippen molar-refractivity contribution in [3.05, 3.63) is 76.9 Å². The lowest BCUT2D eigenvalue weighted by atomic mass is 9.76. The first-order valence-corrected chi connectivity index (χ1v) is 21.3. The van der Waals surface area contributed by atoms with Crippen LogP contribution in [0.15, 0.2) is 54.6 Å². The molecule has 5 nitrogen and oxygen atoms in total. The number of hydrogen-bond donors (Lipinski definition) is 3. The Kier molecular flexibility index (Phi) is 19.4. The highest BCUT2D eigenvalue weighted by atomic mass is 32.1. The molecule has 0 heterocycles. The van der Waals surface area contributed by atoms with Crippen molar-refractivity contribution in [3.63, 3.8) is 0 Å². The molecule has 0 radical (unpaired) electrons. The SMILES string of the molecule is C=C(C)C(=O)OCCCc1cc(-c2ccc(C3CCC(CCCCC)CC3)cc2CC)cc(CCCOC(=O)C(=C)C)c1OCC(CS)(CS)CS. The molecule has 0 amide bonds. The van der Waals surface area contributed by atoms with Gasteiger partial charge in [-0.2, -0.15) is 37.9 Å². The minimum Gasteiger partial charge on any atom is -0.492 e. The fourth-order valence-corrected chi connectivity index (χ4v) is 8.46. The number of hydrogen-bond acceptors (Lipinski definition) is 8. The molecule has 0 bridgehead atoms. The van der Waals surface area contributed by atoms with Crippen LogP contribution in [0.3, 0.4) is 0 Å². The predicted octanol–water partition coefficient (Wildman–Crippen LogP) is 11.0. The van der Waals surface area contributed by atoms with E-state index in [9.17, 15) is 9.59 Å². The van der Waals surface area contributed by atoms with E-state index in [2.05, 4.69) is 95.2 Å². The molecule has 3 rings (SSSR count). The van der Waals surface area contributed by atoms with Crippen molar-refractivity contribution in [2.75, 3.05) is 37.1 Å². The molecular formula is C44H64O5S3. The molecule has 0 spiro atoms. The van der Waals surface area contributed by atoms with Crippen molar-refractivity contribution in [2.24, 2.45) is 11.3 Å². The highest BCUT2D eigenvalue weighted by molar-refractivity contribution is 7.82. The number of carbonyl (C=O) groups excluding carboxylic acids is 2. The van der Waals surface area contributed by atoms with Gasteiger partial charge in [0.25, 0.3) is 0 Å². The largest absolute Gasteiger partial charge is 0.492 e. The molecule has 1 saturated carbocycles. The average molecular weight is 769 g/mol. The zero-order chi connectivity index (χ0) is 38.1. The molecule has 0 unspecified atom stereocenters. The Morgan fingerprint density at radius 3 is 1.81 bits per heavy atom. The average Bonchev–Trinajstić information content (AvgIpc) is 3.16. The molecule has 52 heavy (non-hydrogen) atoms. The van der Waals surface area contributed by atoms with Crippen molar-refractivity contribution in [1.29, 1.82) is 0 Å². The van der Waals surface area contributed by atoms with E-state index in [4.69, 9.17) is 14.2 Å². The fourth-order valence-electron chi connectivity index (χ4n) is 6.99. The first-order chi connectivity index (χ1) is 25.0. The van der Waals surface area contributed by atoms with Gasteiger partial charge in [-0.3, -0.25) is 0 Å². The third-order valence-corrected chi connectivity index (χ3v) is 12.5. The first kappa shape index (κ1) is 44.1. The van der Waals surface area contributed by atoms with Crippen molar-refractivity contribution in [3.8, 4) is 16.9 Å². The maximum absolute atomic E-state index is 12.1. The van der Waals surface area contributed by atoms with Gasteiger partial charge in [-0.25, -0.2) is 9.59 Å². The number of carbonyl (C=O) groups is 2. The van der Waals surface area contributed by atoms with Crippen LogP contribution in [0.4, 0.5) is 0 Å². The smallest absolute Gasteiger partial charge is 0.333 e. The molecule has 1 fully saturated rings. The summed E-state index contributed by atoms with van der Waals surface area (Å²) < 4.78 is 17.7. The van der Waals surface area contributed by atoms with Crippen LogP contribution < -0.4 is 4.74 Å². The van der Waals surface area contributed by atoms with Crippen LogP contribution in [0.25, 0.3) is 11.1 Å². The van der Waals surface area contributed by atoms with Gasteiger partial charge >= 0.3 is 11.9 Å². The predicted molar refractivity (Wildman–Crippen MR) is 228 cm³/mol. The normalized spacial score (nSPS) is 16.0. The van der Waals surface area contributed by atoms with Crippen molar-refractivity contribution in [2.45, 2.75) is 117 Å². The molecule has 2 aromatic rings. The number of unbranched alkanes of at least 4 members (excludes halogenated alkanes) is 2. The second-order valence-corrected chi connectivity index (χ2v) is 15.9. The summed E-state index contributed by atoms with van der Waals surface area (Å²) in [5.41, 5.74) is 7.75. The topological polar surface area (TPSA) is 61.8 Å². The Labute approximate surface area is 331 Å². The summed E-state index contributed by atoms with van der Waals surface area (Å²) in [5.74, 6) is 3.33. The molecule has 1 aliphatic rings. The molecular weight excluding hydrogens is 705 g/mol. The third kappa shape index (κ3) is 13.2. The van der Waals surface area contributed by atoms with Gasteiger partial charge in [0, 0.05) is 33.8 Å². The maximum atomic E-state index is 12.1. The van der Waals surface area contributed by atoms with E-state index in [0.29, 0.717) is 66.6 Å². The van der Waals surface area contributed by atoms with Crippen molar-refractivity contribution < 1.29 is 23.8 Å². The van der Waals surface area contributed by atoms with E-state index in [1.807, 2.05) is 0 Å². The summed E-state index contributed by atoms with van der Waals surface area (Å²) in [5, 5.41) is 0. The number of benzene rings is 2. The van der Waals surface area contributed by atoms with E-state index in [1.54, 1.807) is 13.8 Å². The zero-order valence-electron chi connectivity index (χ0n) is 32.3. The van der Waals surface area contributed by atoms with Gasteiger partial charge in [-0.1, -0.05) is 70.9 Å².